The third-order valence-corrected chi connectivity index (χ3v) is 4.80. The minimum Gasteiger partial charge on any atom is -0.478 e. The Labute approximate surface area is 141 Å². The van der Waals surface area contributed by atoms with Gasteiger partial charge in [0.05, 0.1) is 5.56 Å². The van der Waals surface area contributed by atoms with Gasteiger partial charge in [0.2, 0.25) is 6.41 Å². The number of carbonyl (C=O) groups excluding carboxylic acids is 1. The van der Waals surface area contributed by atoms with Gasteiger partial charge in [-0.05, 0) is 49.6 Å². The van der Waals surface area contributed by atoms with E-state index in [0.29, 0.717) is 37.2 Å². The lowest BCUT2D eigenvalue weighted by molar-refractivity contribution is -0.107. The molecule has 0 radical (unpaired) electrons. The van der Waals surface area contributed by atoms with Crippen molar-refractivity contribution in [1.29, 1.82) is 0 Å². The summed E-state index contributed by atoms with van der Waals surface area (Å²) >= 11 is 0. The molecule has 0 saturated carbocycles. The van der Waals surface area contributed by atoms with Gasteiger partial charge in [0.15, 0.2) is 0 Å². The van der Waals surface area contributed by atoms with E-state index in [1.165, 1.54) is 11.0 Å². The molecule has 6 heteroatoms. The molecule has 2 rings (SSSR count). The summed E-state index contributed by atoms with van der Waals surface area (Å²) in [6.07, 6.45) is 1.10. The van der Waals surface area contributed by atoms with Gasteiger partial charge in [-0.2, -0.15) is 0 Å². The van der Waals surface area contributed by atoms with Crippen molar-refractivity contribution in [2.24, 2.45) is 5.92 Å². The smallest absolute Gasteiger partial charge is 0.335 e. The van der Waals surface area contributed by atoms with Gasteiger partial charge in [-0.25, -0.2) is 9.18 Å². The molecule has 1 amide bonds. The number of nitrogens with one attached hydrogen (secondary N) is 1. The van der Waals surface area contributed by atoms with Crippen molar-refractivity contribution in [2.45, 2.75) is 38.8 Å². The first kappa shape index (κ1) is 18.4. The predicted molar refractivity (Wildman–Crippen MR) is 91.4 cm³/mol. The average Bonchev–Trinajstić information content (AvgIpc) is 2.52. The molecular formula is C18H25FN2O3. The number of rotatable bonds is 6. The number of anilines is 1. The average molecular weight is 336 g/mol. The van der Waals surface area contributed by atoms with Crippen LogP contribution in [-0.4, -0.2) is 42.8 Å². The second-order valence-corrected chi connectivity index (χ2v) is 6.92. The minimum atomic E-state index is -1.33. The first-order valence-electron chi connectivity index (χ1n) is 8.25. The number of piperidine rings is 1. The molecule has 1 aromatic rings. The summed E-state index contributed by atoms with van der Waals surface area (Å²) in [5, 5.41) is 12.5. The number of benzene rings is 1. The maximum absolute atomic E-state index is 14.7. The van der Waals surface area contributed by atoms with Crippen LogP contribution in [0.3, 0.4) is 0 Å². The zero-order valence-electron chi connectivity index (χ0n) is 14.4. The second-order valence-electron chi connectivity index (χ2n) is 6.92. The summed E-state index contributed by atoms with van der Waals surface area (Å²) in [7, 11) is 0. The van der Waals surface area contributed by atoms with Crippen LogP contribution in [0.15, 0.2) is 18.2 Å². The van der Waals surface area contributed by atoms with Gasteiger partial charge in [-0.3, -0.25) is 4.79 Å². The lowest BCUT2D eigenvalue weighted by Gasteiger charge is -2.37. The highest BCUT2D eigenvalue weighted by atomic mass is 19.1. The van der Waals surface area contributed by atoms with Gasteiger partial charge in [0.25, 0.3) is 0 Å². The zero-order chi connectivity index (χ0) is 17.9. The highest BCUT2D eigenvalue weighted by molar-refractivity contribution is 5.91. The summed E-state index contributed by atoms with van der Waals surface area (Å²) in [6, 6.07) is 4.83. The summed E-state index contributed by atoms with van der Waals surface area (Å²) in [5.41, 5.74) is 0.167. The number of alkyl halides is 1. The van der Waals surface area contributed by atoms with Crippen molar-refractivity contribution in [3.05, 3.63) is 29.3 Å². The molecule has 1 saturated heterocycles. The third kappa shape index (κ3) is 3.93. The van der Waals surface area contributed by atoms with E-state index in [2.05, 4.69) is 5.32 Å². The first-order valence-corrected chi connectivity index (χ1v) is 8.25. The molecular weight excluding hydrogens is 311 g/mol. The topological polar surface area (TPSA) is 69.6 Å². The van der Waals surface area contributed by atoms with Crippen LogP contribution in [0, 0.1) is 5.92 Å². The molecule has 2 N–H and O–H groups in total. The third-order valence-electron chi connectivity index (χ3n) is 4.80. The fourth-order valence-electron chi connectivity index (χ4n) is 3.13. The van der Waals surface area contributed by atoms with E-state index in [1.54, 1.807) is 19.1 Å². The molecule has 132 valence electrons. The standard InChI is InChI=1S/C18H25FN2O3/c1-12(2)16-8-14(4-5-15(16)17(23)24)21(11-22)10-13-9-20-7-6-18(13,3)19/h4-5,8,11-13,20H,6-7,9-10H2,1-3H3,(H,23,24). The highest BCUT2D eigenvalue weighted by Crippen LogP contribution is 2.31. The fourth-order valence-corrected chi connectivity index (χ4v) is 3.13. The molecule has 1 fully saturated rings. The van der Waals surface area contributed by atoms with Gasteiger partial charge in [0, 0.05) is 24.7 Å². The maximum atomic E-state index is 14.7. The Morgan fingerprint density at radius 1 is 1.54 bits per heavy atom. The second kappa shape index (κ2) is 7.30. The maximum Gasteiger partial charge on any atom is 0.335 e. The van der Waals surface area contributed by atoms with Crippen LogP contribution < -0.4 is 10.2 Å². The number of hydrogen-bond acceptors (Lipinski definition) is 3. The van der Waals surface area contributed by atoms with Gasteiger partial charge in [-0.1, -0.05) is 13.8 Å². The van der Waals surface area contributed by atoms with Crippen molar-refractivity contribution >= 4 is 18.1 Å². The number of aromatic carboxylic acids is 1. The Morgan fingerprint density at radius 3 is 2.79 bits per heavy atom. The van der Waals surface area contributed by atoms with Crippen molar-refractivity contribution in [2.75, 3.05) is 24.5 Å². The van der Waals surface area contributed by atoms with Crippen molar-refractivity contribution in [3.8, 4) is 0 Å². The van der Waals surface area contributed by atoms with Crippen molar-refractivity contribution < 1.29 is 19.1 Å². The van der Waals surface area contributed by atoms with Crippen LogP contribution >= 0.6 is 0 Å². The van der Waals surface area contributed by atoms with Crippen LogP contribution in [-0.2, 0) is 4.79 Å². The van der Waals surface area contributed by atoms with E-state index in [0.717, 1.165) is 0 Å². The zero-order valence-corrected chi connectivity index (χ0v) is 14.4. The molecule has 0 spiro atoms. The van der Waals surface area contributed by atoms with E-state index in [1.807, 2.05) is 13.8 Å². The monoisotopic (exact) mass is 336 g/mol. The molecule has 5 nitrogen and oxygen atoms in total. The lowest BCUT2D eigenvalue weighted by atomic mass is 9.84. The van der Waals surface area contributed by atoms with Crippen LogP contribution in [0.5, 0.6) is 0 Å². The Morgan fingerprint density at radius 2 is 2.25 bits per heavy atom. The molecule has 2 atom stereocenters. The molecule has 1 aromatic carbocycles. The van der Waals surface area contributed by atoms with Crippen LogP contribution in [0.25, 0.3) is 0 Å². The number of hydrogen-bond donors (Lipinski definition) is 2. The quantitative estimate of drug-likeness (QED) is 0.784. The molecule has 1 heterocycles. The Bertz CT molecular complexity index is 616. The van der Waals surface area contributed by atoms with E-state index >= 15 is 0 Å². The van der Waals surface area contributed by atoms with Crippen LogP contribution in [0.2, 0.25) is 0 Å². The van der Waals surface area contributed by atoms with Gasteiger partial charge in [0.1, 0.15) is 5.67 Å². The van der Waals surface area contributed by atoms with Crippen molar-refractivity contribution in [1.82, 2.24) is 5.32 Å². The van der Waals surface area contributed by atoms with Crippen LogP contribution in [0.1, 0.15) is 49.0 Å². The van der Waals surface area contributed by atoms with Gasteiger partial charge >= 0.3 is 5.97 Å². The molecule has 0 aliphatic carbocycles. The highest BCUT2D eigenvalue weighted by Gasteiger charge is 2.37. The molecule has 24 heavy (non-hydrogen) atoms. The van der Waals surface area contributed by atoms with Gasteiger partial charge < -0.3 is 15.3 Å². The van der Waals surface area contributed by atoms with Crippen LogP contribution in [0.4, 0.5) is 10.1 Å². The van der Waals surface area contributed by atoms with E-state index in [-0.39, 0.29) is 23.9 Å². The fraction of sp³-hybridized carbons (Fsp3) is 0.556. The number of carboxylic acid groups (broad SMARTS) is 1. The van der Waals surface area contributed by atoms with E-state index in [4.69, 9.17) is 0 Å². The molecule has 0 bridgehead atoms. The molecule has 1 aliphatic rings. The normalized spacial score (nSPS) is 24.0. The van der Waals surface area contributed by atoms with E-state index < -0.39 is 11.6 Å². The number of halogens is 1. The first-order chi connectivity index (χ1) is 11.3. The number of amides is 1. The summed E-state index contributed by atoms with van der Waals surface area (Å²) in [5.74, 6) is -1.29. The molecule has 0 aromatic heterocycles. The number of carboxylic acids is 1. The summed E-state index contributed by atoms with van der Waals surface area (Å²) in [4.78, 5) is 24.4. The number of nitrogens with zero attached hydrogens (tertiary/aromatic N) is 1. The SMILES string of the molecule is CC(C)c1cc(N(C=O)CC2CNCCC2(C)F)ccc1C(=O)O. The number of carbonyl (C=O) groups is 2. The predicted octanol–water partition coefficient (Wildman–Crippen LogP) is 2.81. The summed E-state index contributed by atoms with van der Waals surface area (Å²) in [6.45, 7) is 6.79. The lowest BCUT2D eigenvalue weighted by Crippen LogP contribution is -2.50. The molecule has 1 aliphatic heterocycles. The largest absolute Gasteiger partial charge is 0.478 e. The van der Waals surface area contributed by atoms with Gasteiger partial charge in [-0.15, -0.1) is 0 Å². The Hall–Kier alpha value is -1.95. The summed E-state index contributed by atoms with van der Waals surface area (Å²) < 4.78 is 14.7. The Kier molecular flexibility index (Phi) is 5.59. The minimum absolute atomic E-state index is 0.00680. The Balaban J connectivity index is 2.29. The van der Waals surface area contributed by atoms with Crippen molar-refractivity contribution in [3.63, 3.8) is 0 Å². The molecule has 2 unspecified atom stereocenters. The van der Waals surface area contributed by atoms with E-state index in [9.17, 15) is 19.1 Å².